The van der Waals surface area contributed by atoms with Crippen LogP contribution in [0.4, 0.5) is 5.69 Å². The Balaban J connectivity index is 2.06. The molecule has 2 aromatic carbocycles. The van der Waals surface area contributed by atoms with Crippen LogP contribution < -0.4 is 20.7 Å². The highest BCUT2D eigenvalue weighted by Crippen LogP contribution is 2.17. The summed E-state index contributed by atoms with van der Waals surface area (Å²) < 4.78 is 5.08. The van der Waals surface area contributed by atoms with Crippen LogP contribution in [0.3, 0.4) is 0 Å². The molecule has 0 aliphatic carbocycles. The topological polar surface area (TPSA) is 79.5 Å². The van der Waals surface area contributed by atoms with E-state index in [0.29, 0.717) is 29.1 Å². The quantitative estimate of drug-likeness (QED) is 0.644. The van der Waals surface area contributed by atoms with Gasteiger partial charge in [0, 0.05) is 12.1 Å². The van der Waals surface area contributed by atoms with Crippen molar-refractivity contribution in [1.82, 2.24) is 10.6 Å². The Morgan fingerprint density at radius 2 is 1.68 bits per heavy atom. The van der Waals surface area contributed by atoms with Gasteiger partial charge in [0.25, 0.3) is 11.8 Å². The molecule has 2 amide bonds. The number of benzene rings is 2. The van der Waals surface area contributed by atoms with E-state index in [2.05, 4.69) is 16.0 Å². The van der Waals surface area contributed by atoms with Gasteiger partial charge in [-0.15, -0.1) is 0 Å². The van der Waals surface area contributed by atoms with E-state index in [9.17, 15) is 9.59 Å². The zero-order valence-electron chi connectivity index (χ0n) is 14.5. The molecule has 25 heavy (non-hydrogen) atoms. The van der Waals surface area contributed by atoms with Gasteiger partial charge in [-0.25, -0.2) is 0 Å². The molecule has 132 valence electrons. The molecule has 6 heteroatoms. The number of carbonyl (C=O) groups excluding carboxylic acids is 2. The first-order chi connectivity index (χ1) is 12.2. The van der Waals surface area contributed by atoms with E-state index in [1.807, 2.05) is 7.05 Å². The van der Waals surface area contributed by atoms with Crippen LogP contribution >= 0.6 is 0 Å². The SMILES string of the molecule is CNCCCNC(=O)c1ccccc1NC(=O)c1ccc(OC)cc1. The molecule has 2 aromatic rings. The van der Waals surface area contributed by atoms with Crippen LogP contribution in [0.5, 0.6) is 5.75 Å². The molecular weight excluding hydrogens is 318 g/mol. The Bertz CT molecular complexity index is 714. The van der Waals surface area contributed by atoms with E-state index in [4.69, 9.17) is 4.74 Å². The van der Waals surface area contributed by atoms with Crippen molar-refractivity contribution in [2.75, 3.05) is 32.6 Å². The summed E-state index contributed by atoms with van der Waals surface area (Å²) in [7, 11) is 3.44. The van der Waals surface area contributed by atoms with Crippen LogP contribution in [-0.4, -0.2) is 39.1 Å². The summed E-state index contributed by atoms with van der Waals surface area (Å²) in [4.78, 5) is 24.7. The fourth-order valence-electron chi connectivity index (χ4n) is 2.29. The number of methoxy groups -OCH3 is 1. The van der Waals surface area contributed by atoms with Crippen molar-refractivity contribution in [3.8, 4) is 5.75 Å². The molecular formula is C19H23N3O3. The number of amides is 2. The second kappa shape index (κ2) is 9.44. The van der Waals surface area contributed by atoms with Gasteiger partial charge < -0.3 is 20.7 Å². The number of anilines is 1. The van der Waals surface area contributed by atoms with E-state index in [-0.39, 0.29) is 11.8 Å². The largest absolute Gasteiger partial charge is 0.497 e. The average Bonchev–Trinajstić information content (AvgIpc) is 2.65. The predicted molar refractivity (Wildman–Crippen MR) is 98.3 cm³/mol. The third kappa shape index (κ3) is 5.32. The zero-order valence-corrected chi connectivity index (χ0v) is 14.5. The highest BCUT2D eigenvalue weighted by atomic mass is 16.5. The first-order valence-corrected chi connectivity index (χ1v) is 8.13. The van der Waals surface area contributed by atoms with Crippen molar-refractivity contribution in [2.24, 2.45) is 0 Å². The van der Waals surface area contributed by atoms with Crippen molar-refractivity contribution < 1.29 is 14.3 Å². The smallest absolute Gasteiger partial charge is 0.255 e. The number of para-hydroxylation sites is 1. The lowest BCUT2D eigenvalue weighted by Crippen LogP contribution is -2.27. The Morgan fingerprint density at radius 3 is 2.36 bits per heavy atom. The zero-order chi connectivity index (χ0) is 18.1. The molecule has 0 saturated carbocycles. The predicted octanol–water partition coefficient (Wildman–Crippen LogP) is 2.29. The molecule has 0 bridgehead atoms. The number of ether oxygens (including phenoxy) is 1. The lowest BCUT2D eigenvalue weighted by atomic mass is 10.1. The van der Waals surface area contributed by atoms with Gasteiger partial charge in [-0.3, -0.25) is 9.59 Å². The van der Waals surface area contributed by atoms with Crippen molar-refractivity contribution >= 4 is 17.5 Å². The summed E-state index contributed by atoms with van der Waals surface area (Å²) in [5.41, 5.74) is 1.41. The van der Waals surface area contributed by atoms with Crippen molar-refractivity contribution in [2.45, 2.75) is 6.42 Å². The first-order valence-electron chi connectivity index (χ1n) is 8.13. The number of carbonyl (C=O) groups is 2. The Labute approximate surface area is 147 Å². The second-order valence-corrected chi connectivity index (χ2v) is 5.44. The maximum atomic E-state index is 12.4. The molecule has 0 radical (unpaired) electrons. The molecule has 0 unspecified atom stereocenters. The second-order valence-electron chi connectivity index (χ2n) is 5.44. The van der Waals surface area contributed by atoms with Gasteiger partial charge in [-0.1, -0.05) is 12.1 Å². The lowest BCUT2D eigenvalue weighted by molar-refractivity contribution is 0.0954. The van der Waals surface area contributed by atoms with Gasteiger partial charge in [0.1, 0.15) is 5.75 Å². The third-order valence-electron chi connectivity index (χ3n) is 3.66. The van der Waals surface area contributed by atoms with Crippen LogP contribution in [0.1, 0.15) is 27.1 Å². The van der Waals surface area contributed by atoms with Crippen LogP contribution in [0, 0.1) is 0 Å². The summed E-state index contributed by atoms with van der Waals surface area (Å²) in [5, 5.41) is 8.68. The highest BCUT2D eigenvalue weighted by Gasteiger charge is 2.13. The molecule has 6 nitrogen and oxygen atoms in total. The molecule has 0 saturated heterocycles. The van der Waals surface area contributed by atoms with Gasteiger partial charge >= 0.3 is 0 Å². The molecule has 0 aliphatic rings. The van der Waals surface area contributed by atoms with Crippen molar-refractivity contribution in [1.29, 1.82) is 0 Å². The lowest BCUT2D eigenvalue weighted by Gasteiger charge is -2.12. The monoisotopic (exact) mass is 341 g/mol. The Hall–Kier alpha value is -2.86. The number of hydrogen-bond acceptors (Lipinski definition) is 4. The molecule has 3 N–H and O–H groups in total. The van der Waals surface area contributed by atoms with Gasteiger partial charge in [0.05, 0.1) is 18.4 Å². The van der Waals surface area contributed by atoms with Gasteiger partial charge in [0.2, 0.25) is 0 Å². The summed E-state index contributed by atoms with van der Waals surface area (Å²) in [6.07, 6.45) is 0.836. The van der Waals surface area contributed by atoms with Crippen LogP contribution in [0.25, 0.3) is 0 Å². The molecule has 0 atom stereocenters. The number of hydrogen-bond donors (Lipinski definition) is 3. The van der Waals surface area contributed by atoms with Crippen LogP contribution in [0.2, 0.25) is 0 Å². The summed E-state index contributed by atoms with van der Waals surface area (Å²) in [6, 6.07) is 13.7. The minimum absolute atomic E-state index is 0.207. The van der Waals surface area contributed by atoms with Crippen LogP contribution in [-0.2, 0) is 0 Å². The van der Waals surface area contributed by atoms with Gasteiger partial charge in [-0.05, 0) is 56.4 Å². The van der Waals surface area contributed by atoms with E-state index < -0.39 is 0 Å². The van der Waals surface area contributed by atoms with E-state index in [1.54, 1.807) is 55.6 Å². The van der Waals surface area contributed by atoms with E-state index in [1.165, 1.54) is 0 Å². The summed E-state index contributed by atoms with van der Waals surface area (Å²) in [5.74, 6) is 0.192. The fourth-order valence-corrected chi connectivity index (χ4v) is 2.29. The standard InChI is InChI=1S/C19H23N3O3/c1-20-12-5-13-21-19(24)16-6-3-4-7-17(16)22-18(23)14-8-10-15(25-2)11-9-14/h3-4,6-11,20H,5,12-13H2,1-2H3,(H,21,24)(H,22,23). The van der Waals surface area contributed by atoms with Crippen molar-refractivity contribution in [3.63, 3.8) is 0 Å². The Morgan fingerprint density at radius 1 is 0.960 bits per heavy atom. The molecule has 0 spiro atoms. The average molecular weight is 341 g/mol. The third-order valence-corrected chi connectivity index (χ3v) is 3.66. The maximum Gasteiger partial charge on any atom is 0.255 e. The van der Waals surface area contributed by atoms with Crippen LogP contribution in [0.15, 0.2) is 48.5 Å². The summed E-state index contributed by atoms with van der Waals surface area (Å²) in [6.45, 7) is 1.40. The van der Waals surface area contributed by atoms with E-state index in [0.717, 1.165) is 13.0 Å². The van der Waals surface area contributed by atoms with Gasteiger partial charge in [0.15, 0.2) is 0 Å². The first kappa shape index (κ1) is 18.5. The molecule has 0 aromatic heterocycles. The Kier molecular flexibility index (Phi) is 6.98. The summed E-state index contributed by atoms with van der Waals surface area (Å²) >= 11 is 0. The van der Waals surface area contributed by atoms with Crippen molar-refractivity contribution in [3.05, 3.63) is 59.7 Å². The maximum absolute atomic E-state index is 12.4. The fraction of sp³-hybridized carbons (Fsp3) is 0.263. The normalized spacial score (nSPS) is 10.2. The highest BCUT2D eigenvalue weighted by molar-refractivity contribution is 6.09. The number of rotatable bonds is 8. The number of nitrogens with one attached hydrogen (secondary N) is 3. The molecule has 0 fully saturated rings. The van der Waals surface area contributed by atoms with E-state index >= 15 is 0 Å². The minimum Gasteiger partial charge on any atom is -0.497 e. The minimum atomic E-state index is -0.280. The molecule has 0 aliphatic heterocycles. The van der Waals surface area contributed by atoms with Gasteiger partial charge in [-0.2, -0.15) is 0 Å². The molecule has 2 rings (SSSR count). The molecule has 0 heterocycles.